The van der Waals surface area contributed by atoms with Crippen LogP contribution in [0.15, 0.2) is 24.3 Å². The van der Waals surface area contributed by atoms with Gasteiger partial charge < -0.3 is 30.1 Å². The first-order valence-corrected chi connectivity index (χ1v) is 3.56. The second kappa shape index (κ2) is 10.7. The van der Waals surface area contributed by atoms with Gasteiger partial charge in [0, 0.05) is 43.8 Å². The van der Waals surface area contributed by atoms with Crippen LogP contribution < -0.4 is 30.1 Å². The van der Waals surface area contributed by atoms with E-state index in [9.17, 15) is 0 Å². The quantitative estimate of drug-likeness (QED) is 0.455. The summed E-state index contributed by atoms with van der Waals surface area (Å²) in [5.41, 5.74) is 1.62. The smallest absolute Gasteiger partial charge is 0.385 e. The standard InChI is InChI=1S/C8H10N3.2ClH.Zn/c1-2-10-7-3-5-8(11-9)6-4-7;;;/h3-6,10H,2H2,1H3;2*1H;/q+1;;;/p-2. The van der Waals surface area contributed by atoms with E-state index in [4.69, 9.17) is 5.39 Å². The van der Waals surface area contributed by atoms with Gasteiger partial charge in [0.15, 0.2) is 4.98 Å². The van der Waals surface area contributed by atoms with Crippen molar-refractivity contribution in [2.45, 2.75) is 6.92 Å². The van der Waals surface area contributed by atoms with Gasteiger partial charge in [-0.15, -0.1) is 0 Å². The van der Waals surface area contributed by atoms with Crippen molar-refractivity contribution in [3.63, 3.8) is 0 Å². The number of anilines is 1. The number of diazo groups is 1. The third kappa shape index (κ3) is 6.15. The zero-order valence-electron chi connectivity index (χ0n) is 7.87. The minimum Gasteiger partial charge on any atom is -1.00 e. The Morgan fingerprint density at radius 2 is 1.71 bits per heavy atom. The molecule has 0 bridgehead atoms. The average molecular weight is 284 g/mol. The molecule has 0 saturated carbocycles. The van der Waals surface area contributed by atoms with Crippen molar-refractivity contribution in [3.05, 3.63) is 29.2 Å². The van der Waals surface area contributed by atoms with Crippen LogP contribution in [-0.2, 0) is 19.5 Å². The van der Waals surface area contributed by atoms with Crippen LogP contribution in [-0.4, -0.2) is 6.54 Å². The van der Waals surface area contributed by atoms with Gasteiger partial charge in [-0.2, -0.15) is 0 Å². The van der Waals surface area contributed by atoms with Crippen molar-refractivity contribution in [3.8, 4) is 0 Å². The number of benzene rings is 1. The number of nitrogens with one attached hydrogen (secondary N) is 1. The maximum Gasteiger partial charge on any atom is 0.385 e. The van der Waals surface area contributed by atoms with Crippen LogP contribution in [0.2, 0.25) is 0 Å². The van der Waals surface area contributed by atoms with Crippen LogP contribution in [0.4, 0.5) is 11.4 Å². The van der Waals surface area contributed by atoms with Gasteiger partial charge in [-0.25, -0.2) is 0 Å². The molecule has 6 heteroatoms. The maximum absolute atomic E-state index is 8.36. The summed E-state index contributed by atoms with van der Waals surface area (Å²) in [5, 5.41) is 11.5. The molecule has 0 aliphatic carbocycles. The molecule has 0 aliphatic rings. The van der Waals surface area contributed by atoms with Crippen molar-refractivity contribution >= 4 is 11.4 Å². The van der Waals surface area contributed by atoms with Crippen molar-refractivity contribution in [2.24, 2.45) is 0 Å². The molecule has 1 N–H and O–H groups in total. The molecule has 0 amide bonds. The molecule has 14 heavy (non-hydrogen) atoms. The summed E-state index contributed by atoms with van der Waals surface area (Å²) in [5.74, 6) is 0. The number of hydrogen-bond donors (Lipinski definition) is 1. The Bertz CT molecular complexity index is 271. The van der Waals surface area contributed by atoms with Crippen molar-refractivity contribution < 1.29 is 44.3 Å². The number of halogens is 2. The van der Waals surface area contributed by atoms with Crippen LogP contribution >= 0.6 is 0 Å². The molecule has 3 nitrogen and oxygen atoms in total. The van der Waals surface area contributed by atoms with Crippen LogP contribution in [0.25, 0.3) is 4.98 Å². The molecule has 1 rings (SSSR count). The SMILES string of the molecule is CCNc1ccc([N+]#N)cc1.[Cl-].[Cl-].[Zn]. The predicted molar refractivity (Wildman–Crippen MR) is 45.3 cm³/mol. The van der Waals surface area contributed by atoms with Crippen LogP contribution in [0.5, 0.6) is 0 Å². The summed E-state index contributed by atoms with van der Waals surface area (Å²) in [4.78, 5) is 3.04. The largest absolute Gasteiger partial charge is 1.00 e. The molecule has 0 spiro atoms. The molecule has 1 aromatic rings. The molecular weight excluding hydrogens is 274 g/mol. The molecule has 0 radical (unpaired) electrons. The van der Waals surface area contributed by atoms with Crippen molar-refractivity contribution in [1.82, 2.24) is 0 Å². The summed E-state index contributed by atoms with van der Waals surface area (Å²) in [6.07, 6.45) is 0. The monoisotopic (exact) mass is 282 g/mol. The number of hydrogen-bond acceptors (Lipinski definition) is 2. The molecule has 0 unspecified atom stereocenters. The maximum atomic E-state index is 8.36. The molecule has 0 heterocycles. The zero-order valence-corrected chi connectivity index (χ0v) is 12.4. The van der Waals surface area contributed by atoms with E-state index in [1.54, 1.807) is 12.1 Å². The third-order valence-corrected chi connectivity index (χ3v) is 1.36. The molecule has 0 fully saturated rings. The molecule has 0 aliphatic heterocycles. The van der Waals surface area contributed by atoms with Gasteiger partial charge in [0.2, 0.25) is 5.39 Å². The average Bonchev–Trinajstić information content (AvgIpc) is 2.07. The van der Waals surface area contributed by atoms with Crippen LogP contribution in [0.3, 0.4) is 0 Å². The number of rotatable bonds is 2. The fourth-order valence-corrected chi connectivity index (χ4v) is 0.850. The molecule has 0 atom stereocenters. The Labute approximate surface area is 109 Å². The Hall–Kier alpha value is -0.357. The van der Waals surface area contributed by atoms with E-state index in [2.05, 4.69) is 10.3 Å². The van der Waals surface area contributed by atoms with E-state index >= 15 is 0 Å². The molecule has 74 valence electrons. The van der Waals surface area contributed by atoms with Gasteiger partial charge in [0.1, 0.15) is 0 Å². The molecule has 1 aromatic carbocycles. The van der Waals surface area contributed by atoms with Gasteiger partial charge in [0.05, 0.1) is 0 Å². The Morgan fingerprint density at radius 3 is 2.07 bits per heavy atom. The minimum atomic E-state index is 0. The molecule has 0 aromatic heterocycles. The fourth-order valence-electron chi connectivity index (χ4n) is 0.850. The third-order valence-electron chi connectivity index (χ3n) is 1.36. The first kappa shape index (κ1) is 19.3. The van der Waals surface area contributed by atoms with Crippen molar-refractivity contribution in [1.29, 1.82) is 5.39 Å². The molecule has 0 saturated heterocycles. The normalized spacial score (nSPS) is 6.86. The Balaban J connectivity index is -0.000000403. The zero-order chi connectivity index (χ0) is 8.10. The minimum absolute atomic E-state index is 0. The predicted octanol–water partition coefficient (Wildman–Crippen LogP) is -3.39. The van der Waals surface area contributed by atoms with Crippen LogP contribution in [0, 0.1) is 5.39 Å². The topological polar surface area (TPSA) is 40.2 Å². The summed E-state index contributed by atoms with van der Waals surface area (Å²) < 4.78 is 0. The van der Waals surface area contributed by atoms with Crippen LogP contribution in [0.1, 0.15) is 6.92 Å². The molecular formula is C8H10Cl2N3Zn-. The van der Waals surface area contributed by atoms with Gasteiger partial charge in [0.25, 0.3) is 0 Å². The van der Waals surface area contributed by atoms with Gasteiger partial charge in [-0.3, -0.25) is 0 Å². The van der Waals surface area contributed by atoms with E-state index in [-0.39, 0.29) is 44.3 Å². The first-order chi connectivity index (χ1) is 5.36. The number of nitrogens with zero attached hydrogens (tertiary/aromatic N) is 2. The van der Waals surface area contributed by atoms with E-state index in [1.165, 1.54) is 0 Å². The van der Waals surface area contributed by atoms with E-state index < -0.39 is 0 Å². The van der Waals surface area contributed by atoms with E-state index in [0.29, 0.717) is 5.69 Å². The second-order valence-corrected chi connectivity index (χ2v) is 2.18. The summed E-state index contributed by atoms with van der Waals surface area (Å²) in [7, 11) is 0. The summed E-state index contributed by atoms with van der Waals surface area (Å²) in [6, 6.07) is 7.24. The van der Waals surface area contributed by atoms with Gasteiger partial charge in [-0.1, -0.05) is 0 Å². The first-order valence-electron chi connectivity index (χ1n) is 3.56. The van der Waals surface area contributed by atoms with E-state index in [1.807, 2.05) is 19.1 Å². The summed E-state index contributed by atoms with van der Waals surface area (Å²) >= 11 is 0. The van der Waals surface area contributed by atoms with E-state index in [0.717, 1.165) is 12.2 Å². The summed E-state index contributed by atoms with van der Waals surface area (Å²) in [6.45, 7) is 2.93. The van der Waals surface area contributed by atoms with Gasteiger partial charge in [-0.05, 0) is 19.1 Å². The Kier molecular flexibility index (Phi) is 14.7. The fraction of sp³-hybridized carbons (Fsp3) is 0.250. The van der Waals surface area contributed by atoms with Crippen molar-refractivity contribution in [2.75, 3.05) is 11.9 Å². The Morgan fingerprint density at radius 1 is 1.21 bits per heavy atom. The van der Waals surface area contributed by atoms with Gasteiger partial charge >= 0.3 is 5.69 Å². The second-order valence-electron chi connectivity index (χ2n) is 2.18.